The van der Waals surface area contributed by atoms with Gasteiger partial charge in [-0.15, -0.1) is 6.58 Å². The summed E-state index contributed by atoms with van der Waals surface area (Å²) >= 11 is 0. The van der Waals surface area contributed by atoms with Gasteiger partial charge in [0, 0.05) is 18.7 Å². The van der Waals surface area contributed by atoms with Crippen molar-refractivity contribution in [3.8, 4) is 0 Å². The van der Waals surface area contributed by atoms with E-state index in [2.05, 4.69) is 16.6 Å². The number of carboxylic acid groups (broad SMARTS) is 1. The Balaban J connectivity index is 2.63. The van der Waals surface area contributed by atoms with E-state index in [0.29, 0.717) is 0 Å². The quantitative estimate of drug-likeness (QED) is 0.406. The zero-order valence-electron chi connectivity index (χ0n) is 12.3. The average Bonchev–Trinajstić information content (AvgIpc) is 2.52. The maximum Gasteiger partial charge on any atom is 0.329 e. The molecule has 0 bridgehead atoms. The van der Waals surface area contributed by atoms with Crippen LogP contribution in [0.3, 0.4) is 0 Å². The number of hydrogen-bond donors (Lipinski definition) is 3. The van der Waals surface area contributed by atoms with E-state index in [-0.39, 0.29) is 30.2 Å². The number of aliphatic carboxylic acids is 1. The molecule has 0 aromatic heterocycles. The molecular formula is C14H18N2O6S. The molecule has 3 N–H and O–H groups in total. The molecule has 0 unspecified atom stereocenters. The second-order valence-corrected chi connectivity index (χ2v) is 6.14. The van der Waals surface area contributed by atoms with E-state index in [1.54, 1.807) is 0 Å². The van der Waals surface area contributed by atoms with Crippen LogP contribution in [-0.4, -0.2) is 51.7 Å². The molecule has 1 aromatic rings. The number of rotatable bonds is 10. The summed E-state index contributed by atoms with van der Waals surface area (Å²) in [6.07, 6.45) is 1.41. The van der Waals surface area contributed by atoms with Crippen LogP contribution >= 0.6 is 0 Å². The number of carbonyl (C=O) groups excluding carboxylic acids is 1. The highest BCUT2D eigenvalue weighted by Gasteiger charge is 2.15. The van der Waals surface area contributed by atoms with Gasteiger partial charge in [-0.25, -0.2) is 17.9 Å². The number of nitrogens with one attached hydrogen (secondary N) is 2. The molecule has 126 valence electrons. The fourth-order valence-electron chi connectivity index (χ4n) is 1.55. The van der Waals surface area contributed by atoms with Crippen molar-refractivity contribution >= 4 is 21.9 Å². The zero-order valence-corrected chi connectivity index (χ0v) is 13.1. The second-order valence-electron chi connectivity index (χ2n) is 4.37. The third-order valence-corrected chi connectivity index (χ3v) is 4.00. The molecule has 8 nitrogen and oxygen atoms in total. The van der Waals surface area contributed by atoms with Crippen molar-refractivity contribution in [2.75, 3.05) is 26.3 Å². The zero-order chi connectivity index (χ0) is 17.3. The van der Waals surface area contributed by atoms with Gasteiger partial charge in [0.05, 0.1) is 11.5 Å². The smallest absolute Gasteiger partial charge is 0.329 e. The van der Waals surface area contributed by atoms with Crippen molar-refractivity contribution in [3.63, 3.8) is 0 Å². The Kier molecular flexibility index (Phi) is 7.39. The van der Waals surface area contributed by atoms with Crippen molar-refractivity contribution in [3.05, 3.63) is 42.5 Å². The van der Waals surface area contributed by atoms with Gasteiger partial charge >= 0.3 is 5.97 Å². The standard InChI is InChI=1S/C14H18N2O6S/c1-2-6-16-23(20,21)12-5-3-4-11(9-12)14(19)15-7-8-22-10-13(17)18/h2-5,9,16H,1,6-8,10H2,(H,15,19)(H,17,18). The minimum absolute atomic E-state index is 0.0332. The van der Waals surface area contributed by atoms with Crippen molar-refractivity contribution < 1.29 is 27.9 Å². The summed E-state index contributed by atoms with van der Waals surface area (Å²) in [5.74, 6) is -1.58. The molecule has 0 aliphatic rings. The summed E-state index contributed by atoms with van der Waals surface area (Å²) < 4.78 is 31.0. The molecule has 0 aliphatic carbocycles. The van der Waals surface area contributed by atoms with E-state index in [0.717, 1.165) is 0 Å². The van der Waals surface area contributed by atoms with Crippen molar-refractivity contribution in [1.82, 2.24) is 10.0 Å². The number of ether oxygens (including phenoxy) is 1. The number of benzene rings is 1. The van der Waals surface area contributed by atoms with Gasteiger partial charge in [0.2, 0.25) is 10.0 Å². The Morgan fingerprint density at radius 2 is 2.09 bits per heavy atom. The molecule has 0 atom stereocenters. The van der Waals surface area contributed by atoms with Crippen LogP contribution in [0.2, 0.25) is 0 Å². The van der Waals surface area contributed by atoms with E-state index < -0.39 is 28.5 Å². The van der Waals surface area contributed by atoms with E-state index in [1.807, 2.05) is 0 Å². The Morgan fingerprint density at radius 1 is 1.35 bits per heavy atom. The van der Waals surface area contributed by atoms with Crippen LogP contribution in [0, 0.1) is 0 Å². The molecule has 0 saturated carbocycles. The lowest BCUT2D eigenvalue weighted by atomic mass is 10.2. The summed E-state index contributed by atoms with van der Waals surface area (Å²) in [6.45, 7) is 3.21. The van der Waals surface area contributed by atoms with Gasteiger partial charge in [-0.05, 0) is 18.2 Å². The highest BCUT2D eigenvalue weighted by Crippen LogP contribution is 2.11. The molecule has 1 amide bonds. The molecule has 0 heterocycles. The van der Waals surface area contributed by atoms with Crippen LogP contribution in [0.15, 0.2) is 41.8 Å². The Labute approximate surface area is 134 Å². The lowest BCUT2D eigenvalue weighted by Gasteiger charge is -2.08. The number of amides is 1. The van der Waals surface area contributed by atoms with Gasteiger partial charge < -0.3 is 15.2 Å². The van der Waals surface area contributed by atoms with Gasteiger partial charge in [0.1, 0.15) is 6.61 Å². The van der Waals surface area contributed by atoms with Crippen LogP contribution in [0.4, 0.5) is 0 Å². The highest BCUT2D eigenvalue weighted by molar-refractivity contribution is 7.89. The summed E-state index contributed by atoms with van der Waals surface area (Å²) in [5.41, 5.74) is 0.171. The first-order valence-corrected chi connectivity index (χ1v) is 8.13. The molecule has 0 fully saturated rings. The summed E-state index contributed by atoms with van der Waals surface area (Å²) in [7, 11) is -3.71. The first-order chi connectivity index (χ1) is 10.9. The van der Waals surface area contributed by atoms with E-state index in [9.17, 15) is 18.0 Å². The topological polar surface area (TPSA) is 122 Å². The molecule has 0 radical (unpaired) electrons. The first kappa shape index (κ1) is 18.8. The van der Waals surface area contributed by atoms with Crippen LogP contribution in [0.1, 0.15) is 10.4 Å². The van der Waals surface area contributed by atoms with E-state index >= 15 is 0 Å². The van der Waals surface area contributed by atoms with Gasteiger partial charge in [0.15, 0.2) is 0 Å². The Morgan fingerprint density at radius 3 is 2.74 bits per heavy atom. The average molecular weight is 342 g/mol. The fraction of sp³-hybridized carbons (Fsp3) is 0.286. The summed E-state index contributed by atoms with van der Waals surface area (Å²) in [4.78, 5) is 22.1. The van der Waals surface area contributed by atoms with Crippen molar-refractivity contribution in [2.24, 2.45) is 0 Å². The number of carboxylic acids is 1. The molecular weight excluding hydrogens is 324 g/mol. The number of hydrogen-bond acceptors (Lipinski definition) is 5. The van der Waals surface area contributed by atoms with Crippen molar-refractivity contribution in [2.45, 2.75) is 4.90 Å². The lowest BCUT2D eigenvalue weighted by molar-refractivity contribution is -0.142. The van der Waals surface area contributed by atoms with E-state index in [1.165, 1.54) is 30.3 Å². The van der Waals surface area contributed by atoms with Gasteiger partial charge in [-0.2, -0.15) is 0 Å². The van der Waals surface area contributed by atoms with Crippen molar-refractivity contribution in [1.29, 1.82) is 0 Å². The maximum atomic E-state index is 12.0. The third kappa shape index (κ3) is 6.59. The highest BCUT2D eigenvalue weighted by atomic mass is 32.2. The minimum atomic E-state index is -3.71. The summed E-state index contributed by atoms with van der Waals surface area (Å²) in [6, 6.07) is 5.55. The number of carbonyl (C=O) groups is 2. The maximum absolute atomic E-state index is 12.0. The molecule has 0 aliphatic heterocycles. The Bertz CT molecular complexity index is 672. The number of sulfonamides is 1. The molecule has 9 heteroatoms. The molecule has 1 aromatic carbocycles. The van der Waals surface area contributed by atoms with Crippen LogP contribution in [0.25, 0.3) is 0 Å². The molecule has 0 spiro atoms. The Hall–Kier alpha value is -2.23. The van der Waals surface area contributed by atoms with Crippen LogP contribution in [0.5, 0.6) is 0 Å². The predicted octanol–water partition coefficient (Wildman–Crippen LogP) is -0.0181. The van der Waals surface area contributed by atoms with Gasteiger partial charge in [0.25, 0.3) is 5.91 Å². The lowest BCUT2D eigenvalue weighted by Crippen LogP contribution is -2.28. The van der Waals surface area contributed by atoms with Gasteiger partial charge in [-0.3, -0.25) is 4.79 Å². The van der Waals surface area contributed by atoms with E-state index in [4.69, 9.17) is 9.84 Å². The second kappa shape index (κ2) is 9.03. The predicted molar refractivity (Wildman–Crippen MR) is 82.6 cm³/mol. The van der Waals surface area contributed by atoms with Gasteiger partial charge in [-0.1, -0.05) is 12.1 Å². The SMILES string of the molecule is C=CCNS(=O)(=O)c1cccc(C(=O)NCCOCC(=O)O)c1. The van der Waals surface area contributed by atoms with Crippen LogP contribution < -0.4 is 10.0 Å². The molecule has 23 heavy (non-hydrogen) atoms. The van der Waals surface area contributed by atoms with Crippen LogP contribution in [-0.2, 0) is 19.6 Å². The summed E-state index contributed by atoms with van der Waals surface area (Å²) in [5, 5.41) is 10.9. The molecule has 0 saturated heterocycles. The normalized spacial score (nSPS) is 11.0. The third-order valence-electron chi connectivity index (χ3n) is 2.58. The molecule has 1 rings (SSSR count). The monoisotopic (exact) mass is 342 g/mol. The fourth-order valence-corrected chi connectivity index (χ4v) is 2.60. The largest absolute Gasteiger partial charge is 0.480 e. The minimum Gasteiger partial charge on any atom is -0.480 e. The first-order valence-electron chi connectivity index (χ1n) is 6.65.